The SMILES string of the molecule is CCNc1cc(-c2ccccc2C(=NC)NN)cc(Cl)n1. The van der Waals surface area contributed by atoms with E-state index in [0.29, 0.717) is 11.0 Å². The summed E-state index contributed by atoms with van der Waals surface area (Å²) >= 11 is 6.11. The number of amidine groups is 1. The van der Waals surface area contributed by atoms with Crippen LogP contribution in [0.5, 0.6) is 0 Å². The van der Waals surface area contributed by atoms with Crippen molar-refractivity contribution in [2.75, 3.05) is 18.9 Å². The van der Waals surface area contributed by atoms with E-state index in [1.807, 2.05) is 43.3 Å². The maximum atomic E-state index is 6.11. The number of aromatic nitrogens is 1. The first-order valence-electron chi connectivity index (χ1n) is 6.64. The van der Waals surface area contributed by atoms with Gasteiger partial charge >= 0.3 is 0 Å². The van der Waals surface area contributed by atoms with Crippen LogP contribution in [0.2, 0.25) is 5.15 Å². The minimum absolute atomic E-state index is 0.439. The van der Waals surface area contributed by atoms with Gasteiger partial charge in [0, 0.05) is 19.2 Å². The summed E-state index contributed by atoms with van der Waals surface area (Å²) in [6.45, 7) is 2.79. The summed E-state index contributed by atoms with van der Waals surface area (Å²) < 4.78 is 0. The predicted molar refractivity (Wildman–Crippen MR) is 88.6 cm³/mol. The van der Waals surface area contributed by atoms with Crippen LogP contribution in [-0.4, -0.2) is 24.4 Å². The molecule has 0 spiro atoms. The average Bonchev–Trinajstić information content (AvgIpc) is 2.49. The largest absolute Gasteiger partial charge is 0.370 e. The van der Waals surface area contributed by atoms with E-state index < -0.39 is 0 Å². The lowest BCUT2D eigenvalue weighted by atomic mass is 9.99. The van der Waals surface area contributed by atoms with Gasteiger partial charge in [0.15, 0.2) is 0 Å². The predicted octanol–water partition coefficient (Wildman–Crippen LogP) is 2.67. The number of nitrogens with one attached hydrogen (secondary N) is 2. The summed E-state index contributed by atoms with van der Waals surface area (Å²) in [5.74, 6) is 6.89. The third-order valence-corrected chi connectivity index (χ3v) is 3.20. The number of aliphatic imine (C=N–C) groups is 1. The van der Waals surface area contributed by atoms with Gasteiger partial charge in [0.25, 0.3) is 0 Å². The molecule has 4 N–H and O–H groups in total. The Morgan fingerprint density at radius 1 is 1.33 bits per heavy atom. The van der Waals surface area contributed by atoms with Crippen LogP contribution in [0, 0.1) is 0 Å². The Morgan fingerprint density at radius 3 is 2.76 bits per heavy atom. The second-order valence-electron chi connectivity index (χ2n) is 4.36. The van der Waals surface area contributed by atoms with Crippen LogP contribution >= 0.6 is 11.6 Å². The number of halogens is 1. The number of nitrogens with two attached hydrogens (primary N) is 1. The Kier molecular flexibility index (Phi) is 5.14. The number of nitrogens with zero attached hydrogens (tertiary/aromatic N) is 2. The van der Waals surface area contributed by atoms with Gasteiger partial charge in [0.1, 0.15) is 16.8 Å². The summed E-state index contributed by atoms with van der Waals surface area (Å²) in [5.41, 5.74) is 5.47. The molecule has 0 fully saturated rings. The Morgan fingerprint density at radius 2 is 2.10 bits per heavy atom. The van der Waals surface area contributed by atoms with Crippen molar-refractivity contribution in [3.05, 3.63) is 47.1 Å². The number of pyridine rings is 1. The van der Waals surface area contributed by atoms with Gasteiger partial charge in [-0.15, -0.1) is 0 Å². The van der Waals surface area contributed by atoms with E-state index in [4.69, 9.17) is 17.4 Å². The van der Waals surface area contributed by atoms with Crippen molar-refractivity contribution in [1.82, 2.24) is 10.4 Å². The molecule has 1 heterocycles. The van der Waals surface area contributed by atoms with E-state index in [1.54, 1.807) is 7.05 Å². The monoisotopic (exact) mass is 303 g/mol. The fraction of sp³-hybridized carbons (Fsp3) is 0.200. The molecule has 0 radical (unpaired) electrons. The van der Waals surface area contributed by atoms with E-state index >= 15 is 0 Å². The Balaban J connectivity index is 2.57. The number of benzene rings is 1. The third kappa shape index (κ3) is 3.51. The molecule has 0 aliphatic carbocycles. The molecule has 5 nitrogen and oxygen atoms in total. The van der Waals surface area contributed by atoms with Gasteiger partial charge in [-0.25, -0.2) is 10.8 Å². The highest BCUT2D eigenvalue weighted by atomic mass is 35.5. The zero-order chi connectivity index (χ0) is 15.2. The van der Waals surface area contributed by atoms with Crippen molar-refractivity contribution < 1.29 is 0 Å². The highest BCUT2D eigenvalue weighted by Gasteiger charge is 2.11. The van der Waals surface area contributed by atoms with Gasteiger partial charge < -0.3 is 10.7 Å². The van der Waals surface area contributed by atoms with E-state index in [-0.39, 0.29) is 0 Å². The standard InChI is InChI=1S/C15H18ClN5/c1-3-19-14-9-10(8-13(16)20-14)11-6-4-5-7-12(11)15(18-2)21-17/h4-9H,3,17H2,1-2H3,(H,18,21)(H,19,20). The first kappa shape index (κ1) is 15.3. The number of hydrogen-bond donors (Lipinski definition) is 3. The molecule has 6 heteroatoms. The first-order valence-corrected chi connectivity index (χ1v) is 7.02. The lowest BCUT2D eigenvalue weighted by molar-refractivity contribution is 1.02. The summed E-state index contributed by atoms with van der Waals surface area (Å²) in [7, 11) is 1.69. The fourth-order valence-electron chi connectivity index (χ4n) is 2.13. The van der Waals surface area contributed by atoms with Gasteiger partial charge in [-0.1, -0.05) is 35.9 Å². The Bertz CT molecular complexity index is 654. The molecule has 0 saturated carbocycles. The second kappa shape index (κ2) is 7.06. The molecule has 21 heavy (non-hydrogen) atoms. The summed E-state index contributed by atoms with van der Waals surface area (Å²) in [4.78, 5) is 8.41. The maximum Gasteiger partial charge on any atom is 0.142 e. The number of rotatable bonds is 4. The van der Waals surface area contributed by atoms with Crippen molar-refractivity contribution in [2.24, 2.45) is 10.8 Å². The van der Waals surface area contributed by atoms with Crippen molar-refractivity contribution in [2.45, 2.75) is 6.92 Å². The summed E-state index contributed by atoms with van der Waals surface area (Å²) in [6.07, 6.45) is 0. The minimum atomic E-state index is 0.439. The highest BCUT2D eigenvalue weighted by Crippen LogP contribution is 2.28. The fourth-order valence-corrected chi connectivity index (χ4v) is 2.34. The molecule has 2 aromatic rings. The molecular formula is C15H18ClN5. The van der Waals surface area contributed by atoms with E-state index in [9.17, 15) is 0 Å². The molecule has 0 atom stereocenters. The minimum Gasteiger partial charge on any atom is -0.370 e. The van der Waals surface area contributed by atoms with Gasteiger partial charge in [0.05, 0.1) is 0 Å². The first-order chi connectivity index (χ1) is 10.2. The summed E-state index contributed by atoms with van der Waals surface area (Å²) in [6, 6.07) is 11.6. The van der Waals surface area contributed by atoms with Crippen LogP contribution in [0.15, 0.2) is 41.4 Å². The molecule has 0 aliphatic heterocycles. The highest BCUT2D eigenvalue weighted by molar-refractivity contribution is 6.29. The van der Waals surface area contributed by atoms with Crippen LogP contribution < -0.4 is 16.6 Å². The smallest absolute Gasteiger partial charge is 0.142 e. The van der Waals surface area contributed by atoms with Crippen LogP contribution in [0.3, 0.4) is 0 Å². The Hall–Kier alpha value is -2.11. The molecule has 0 aliphatic rings. The average molecular weight is 304 g/mol. The van der Waals surface area contributed by atoms with Crippen molar-refractivity contribution in [3.63, 3.8) is 0 Å². The van der Waals surface area contributed by atoms with Crippen LogP contribution in [0.25, 0.3) is 11.1 Å². The molecule has 0 saturated heterocycles. The molecule has 110 valence electrons. The van der Waals surface area contributed by atoms with Gasteiger partial charge in [0.2, 0.25) is 0 Å². The maximum absolute atomic E-state index is 6.11. The van der Waals surface area contributed by atoms with Crippen molar-refractivity contribution in [3.8, 4) is 11.1 Å². The number of hydrogen-bond acceptors (Lipinski definition) is 4. The lowest BCUT2D eigenvalue weighted by Gasteiger charge is -2.13. The van der Waals surface area contributed by atoms with Crippen LogP contribution in [0.1, 0.15) is 12.5 Å². The lowest BCUT2D eigenvalue weighted by Crippen LogP contribution is -2.31. The van der Waals surface area contributed by atoms with Crippen LogP contribution in [-0.2, 0) is 0 Å². The second-order valence-corrected chi connectivity index (χ2v) is 4.74. The molecule has 0 unspecified atom stereocenters. The Labute approximate surface area is 129 Å². The van der Waals surface area contributed by atoms with Gasteiger partial charge in [-0.3, -0.25) is 4.99 Å². The van der Waals surface area contributed by atoms with E-state index in [2.05, 4.69) is 20.7 Å². The third-order valence-electron chi connectivity index (χ3n) is 3.01. The number of anilines is 1. The molecule has 0 amide bonds. The summed E-state index contributed by atoms with van der Waals surface area (Å²) in [5, 5.41) is 3.61. The van der Waals surface area contributed by atoms with E-state index in [1.165, 1.54) is 0 Å². The van der Waals surface area contributed by atoms with Gasteiger partial charge in [-0.05, 0) is 30.2 Å². The molecule has 1 aromatic carbocycles. The molecule has 1 aromatic heterocycles. The van der Waals surface area contributed by atoms with E-state index in [0.717, 1.165) is 29.1 Å². The quantitative estimate of drug-likeness (QED) is 0.267. The van der Waals surface area contributed by atoms with Crippen molar-refractivity contribution in [1.29, 1.82) is 0 Å². The normalized spacial score (nSPS) is 11.3. The molecular weight excluding hydrogens is 286 g/mol. The zero-order valence-corrected chi connectivity index (χ0v) is 12.8. The number of hydrazine groups is 1. The molecule has 0 bridgehead atoms. The van der Waals surface area contributed by atoms with Crippen LogP contribution in [0.4, 0.5) is 5.82 Å². The van der Waals surface area contributed by atoms with Gasteiger partial charge in [-0.2, -0.15) is 0 Å². The van der Waals surface area contributed by atoms with Crippen molar-refractivity contribution >= 4 is 23.3 Å². The topological polar surface area (TPSA) is 75.3 Å². The zero-order valence-electron chi connectivity index (χ0n) is 12.0. The molecule has 2 rings (SSSR count).